The zero-order valence-electron chi connectivity index (χ0n) is 51.5. The first-order valence-electron chi connectivity index (χ1n) is 33.8. The first-order chi connectivity index (χ1) is 38.0. The van der Waals surface area contributed by atoms with Crippen molar-refractivity contribution < 1.29 is 28.6 Å². The Morgan fingerprint density at radius 2 is 0.506 bits per heavy atom. The molecular weight excluding hydrogens is 949 g/mol. The molecule has 0 fully saturated rings. The van der Waals surface area contributed by atoms with Gasteiger partial charge in [0.25, 0.3) is 0 Å². The van der Waals surface area contributed by atoms with Gasteiger partial charge in [0.2, 0.25) is 0 Å². The zero-order valence-corrected chi connectivity index (χ0v) is 51.5. The summed E-state index contributed by atoms with van der Waals surface area (Å²) in [5.41, 5.74) is 0. The van der Waals surface area contributed by atoms with E-state index >= 15 is 0 Å². The molecular formula is C71H128O6. The summed E-state index contributed by atoms with van der Waals surface area (Å²) in [6.07, 6.45) is 83.8. The molecule has 1 atom stereocenters. The molecule has 0 saturated heterocycles. The van der Waals surface area contributed by atoms with E-state index in [2.05, 4.69) is 81.5 Å². The van der Waals surface area contributed by atoms with E-state index in [-0.39, 0.29) is 31.1 Å². The van der Waals surface area contributed by atoms with Crippen LogP contribution in [0.15, 0.2) is 60.8 Å². The van der Waals surface area contributed by atoms with Gasteiger partial charge in [-0.05, 0) is 83.5 Å². The predicted octanol–water partition coefficient (Wildman–Crippen LogP) is 23.1. The van der Waals surface area contributed by atoms with Gasteiger partial charge in [-0.2, -0.15) is 0 Å². The summed E-state index contributed by atoms with van der Waals surface area (Å²) in [7, 11) is 0. The van der Waals surface area contributed by atoms with Gasteiger partial charge in [-0.1, -0.05) is 313 Å². The number of hydrogen-bond acceptors (Lipinski definition) is 6. The van der Waals surface area contributed by atoms with Crippen molar-refractivity contribution in [1.82, 2.24) is 0 Å². The summed E-state index contributed by atoms with van der Waals surface area (Å²) in [5.74, 6) is -0.882. The molecule has 0 N–H and O–H groups in total. The minimum absolute atomic E-state index is 0.0804. The smallest absolute Gasteiger partial charge is 0.306 e. The summed E-state index contributed by atoms with van der Waals surface area (Å²) in [6.45, 7) is 6.57. The monoisotopic (exact) mass is 1080 g/mol. The second-order valence-electron chi connectivity index (χ2n) is 22.7. The molecule has 0 radical (unpaired) electrons. The Morgan fingerprint density at radius 1 is 0.273 bits per heavy atom. The summed E-state index contributed by atoms with van der Waals surface area (Å²) in [4.78, 5) is 38.4. The zero-order chi connectivity index (χ0) is 55.7. The van der Waals surface area contributed by atoms with Gasteiger partial charge >= 0.3 is 17.9 Å². The van der Waals surface area contributed by atoms with Gasteiger partial charge in [0.1, 0.15) is 13.2 Å². The predicted molar refractivity (Wildman–Crippen MR) is 335 cm³/mol. The number of carbonyl (C=O) groups excluding carboxylic acids is 3. The van der Waals surface area contributed by atoms with Crippen LogP contribution in [0.4, 0.5) is 0 Å². The van der Waals surface area contributed by atoms with Crippen LogP contribution in [0.1, 0.15) is 355 Å². The Labute approximate surface area is 479 Å². The largest absolute Gasteiger partial charge is 0.462 e. The van der Waals surface area contributed by atoms with Gasteiger partial charge in [-0.25, -0.2) is 0 Å². The average Bonchev–Trinajstić information content (AvgIpc) is 3.43. The van der Waals surface area contributed by atoms with Crippen LogP contribution in [0, 0.1) is 0 Å². The summed E-state index contributed by atoms with van der Waals surface area (Å²) >= 11 is 0. The molecule has 0 saturated carbocycles. The number of esters is 3. The highest BCUT2D eigenvalue weighted by atomic mass is 16.6. The lowest BCUT2D eigenvalue weighted by Gasteiger charge is -2.18. The number of allylic oxidation sites excluding steroid dienone is 10. The highest BCUT2D eigenvalue weighted by molar-refractivity contribution is 5.71. The first-order valence-corrected chi connectivity index (χ1v) is 33.8. The summed E-state index contributed by atoms with van der Waals surface area (Å²) < 4.78 is 17.0. The van der Waals surface area contributed by atoms with Crippen LogP contribution < -0.4 is 0 Å². The number of ether oxygens (including phenoxy) is 3. The Bertz CT molecular complexity index is 1380. The van der Waals surface area contributed by atoms with Gasteiger partial charge in [-0.15, -0.1) is 0 Å². The standard InChI is InChI=1S/C71H128O6/c1-4-7-10-13-16-19-22-25-28-31-32-33-34-35-36-37-38-41-43-46-49-52-55-58-61-64-70(73)76-67-68(77-71(74)65-62-59-56-53-50-47-44-40-30-27-24-21-18-15-12-9-6-3)66-75-69(72)63-60-57-54-51-48-45-42-39-29-26-23-20-17-14-11-8-5-2/h9,12,18,21,27,30-32,44,47,68H,4-8,10-11,13-17,19-20,22-26,28-29,33-43,45-46,48-67H2,1-3H3/b12-9-,21-18-,30-27-,32-31-,47-44-. The van der Waals surface area contributed by atoms with Crippen LogP contribution in [0.3, 0.4) is 0 Å². The van der Waals surface area contributed by atoms with Crippen LogP contribution >= 0.6 is 0 Å². The number of hydrogen-bond donors (Lipinski definition) is 0. The molecule has 0 aromatic carbocycles. The van der Waals surface area contributed by atoms with E-state index in [1.54, 1.807) is 0 Å². The number of rotatable bonds is 62. The van der Waals surface area contributed by atoms with Gasteiger partial charge in [-0.3, -0.25) is 14.4 Å². The van der Waals surface area contributed by atoms with Gasteiger partial charge in [0.15, 0.2) is 6.10 Å². The van der Waals surface area contributed by atoms with Gasteiger partial charge < -0.3 is 14.2 Å². The van der Waals surface area contributed by atoms with Crippen LogP contribution in [0.5, 0.6) is 0 Å². The molecule has 0 aliphatic heterocycles. The topological polar surface area (TPSA) is 78.9 Å². The maximum absolute atomic E-state index is 12.9. The van der Waals surface area contributed by atoms with Crippen molar-refractivity contribution in [3.8, 4) is 0 Å². The lowest BCUT2D eigenvalue weighted by molar-refractivity contribution is -0.167. The van der Waals surface area contributed by atoms with Crippen molar-refractivity contribution in [3.05, 3.63) is 60.8 Å². The first kappa shape index (κ1) is 74.1. The number of unbranched alkanes of at least 4 members (excludes halogenated alkanes) is 41. The maximum atomic E-state index is 12.9. The molecule has 0 rings (SSSR count). The molecule has 6 nitrogen and oxygen atoms in total. The van der Waals surface area contributed by atoms with E-state index in [1.807, 2.05) is 0 Å². The average molecular weight is 1080 g/mol. The van der Waals surface area contributed by atoms with E-state index in [0.717, 1.165) is 96.3 Å². The Kier molecular flexibility index (Phi) is 63.2. The molecule has 0 amide bonds. The van der Waals surface area contributed by atoms with Gasteiger partial charge in [0.05, 0.1) is 0 Å². The fraction of sp³-hybridized carbons (Fsp3) is 0.817. The molecule has 0 bridgehead atoms. The van der Waals surface area contributed by atoms with Crippen molar-refractivity contribution >= 4 is 17.9 Å². The third-order valence-electron chi connectivity index (χ3n) is 15.0. The highest BCUT2D eigenvalue weighted by Crippen LogP contribution is 2.18. The van der Waals surface area contributed by atoms with Crippen molar-refractivity contribution in [2.24, 2.45) is 0 Å². The lowest BCUT2D eigenvalue weighted by Crippen LogP contribution is -2.30. The van der Waals surface area contributed by atoms with Crippen LogP contribution in [-0.4, -0.2) is 37.2 Å². The van der Waals surface area contributed by atoms with E-state index in [9.17, 15) is 14.4 Å². The van der Waals surface area contributed by atoms with Crippen molar-refractivity contribution in [1.29, 1.82) is 0 Å². The SMILES string of the molecule is CC/C=C\C/C=C\C/C=C\C/C=C\CCCCCCC(=O)OC(COC(=O)CCCCCCCCCCCCCCC/C=C\CCCCCCCCCC)COC(=O)CCCCCCCCCCCCCCCCCCC. The van der Waals surface area contributed by atoms with Crippen LogP contribution in [-0.2, 0) is 28.6 Å². The second kappa shape index (κ2) is 65.6. The second-order valence-corrected chi connectivity index (χ2v) is 22.7. The molecule has 1 unspecified atom stereocenters. The number of carbonyl (C=O) groups is 3. The maximum Gasteiger partial charge on any atom is 0.306 e. The lowest BCUT2D eigenvalue weighted by atomic mass is 10.0. The molecule has 0 spiro atoms. The third-order valence-corrected chi connectivity index (χ3v) is 15.0. The van der Waals surface area contributed by atoms with Crippen LogP contribution in [0.2, 0.25) is 0 Å². The quantitative estimate of drug-likeness (QED) is 0.0261. The minimum Gasteiger partial charge on any atom is -0.462 e. The fourth-order valence-corrected chi connectivity index (χ4v) is 9.96. The van der Waals surface area contributed by atoms with E-state index in [4.69, 9.17) is 14.2 Å². The minimum atomic E-state index is -0.786. The molecule has 6 heteroatoms. The van der Waals surface area contributed by atoms with Crippen molar-refractivity contribution in [2.75, 3.05) is 13.2 Å². The van der Waals surface area contributed by atoms with E-state index in [0.29, 0.717) is 19.3 Å². The van der Waals surface area contributed by atoms with Crippen LogP contribution in [0.25, 0.3) is 0 Å². The molecule has 0 aliphatic rings. The molecule has 0 aliphatic carbocycles. The van der Waals surface area contributed by atoms with Crippen molar-refractivity contribution in [3.63, 3.8) is 0 Å². The molecule has 448 valence electrons. The fourth-order valence-electron chi connectivity index (χ4n) is 9.96. The molecule has 0 aromatic rings. The summed E-state index contributed by atoms with van der Waals surface area (Å²) in [5, 5.41) is 0. The molecule has 0 aromatic heterocycles. The van der Waals surface area contributed by atoms with Gasteiger partial charge in [0, 0.05) is 19.3 Å². The van der Waals surface area contributed by atoms with Crippen molar-refractivity contribution in [2.45, 2.75) is 361 Å². The molecule has 77 heavy (non-hydrogen) atoms. The highest BCUT2D eigenvalue weighted by Gasteiger charge is 2.19. The summed E-state index contributed by atoms with van der Waals surface area (Å²) in [6, 6.07) is 0. The normalized spacial score (nSPS) is 12.4. The Hall–Kier alpha value is -2.89. The Morgan fingerprint density at radius 3 is 0.805 bits per heavy atom. The Balaban J connectivity index is 4.31. The van der Waals surface area contributed by atoms with E-state index in [1.165, 1.54) is 218 Å². The molecule has 0 heterocycles. The van der Waals surface area contributed by atoms with E-state index < -0.39 is 6.10 Å². The third kappa shape index (κ3) is 63.8.